The molecule has 11 heteroatoms. The topological polar surface area (TPSA) is 122 Å². The van der Waals surface area contributed by atoms with Crippen LogP contribution in [0, 0.1) is 28.4 Å². The van der Waals surface area contributed by atoms with Crippen LogP contribution in [0.4, 0.5) is 22.9 Å². The van der Waals surface area contributed by atoms with Crippen molar-refractivity contribution in [2.45, 2.75) is 46.1 Å². The molecule has 0 amide bonds. The molecular weight excluding hydrogens is 585 g/mol. The van der Waals surface area contributed by atoms with E-state index in [2.05, 4.69) is 44.0 Å². The molecule has 1 aromatic heterocycles. The maximum atomic E-state index is 12.5. The molecule has 45 heavy (non-hydrogen) atoms. The van der Waals surface area contributed by atoms with E-state index in [0.717, 1.165) is 33.0 Å². The van der Waals surface area contributed by atoms with Gasteiger partial charge in [0.1, 0.15) is 11.4 Å². The number of rotatable bonds is 7. The van der Waals surface area contributed by atoms with Crippen molar-refractivity contribution in [3.05, 3.63) is 105 Å². The number of ether oxygens (including phenoxy) is 1. The molecule has 1 unspecified atom stereocenters. The largest absolute Gasteiger partial charge is 0.494 e. The number of nitro groups is 1. The Bertz CT molecular complexity index is 1990. The van der Waals surface area contributed by atoms with Crippen LogP contribution in [-0.4, -0.2) is 34.6 Å². The van der Waals surface area contributed by atoms with Gasteiger partial charge >= 0.3 is 0 Å². The SMILES string of the molecule is CCOc1ccc(N=P2(c3ccccc3)C(=C3N(C)c4ccccc4C3(C)C)C=Nc3c2c(C)nn3CCC#N)c([N+](=O)[O-])c1. The highest BCUT2D eigenvalue weighted by Crippen LogP contribution is 2.65. The molecule has 0 bridgehead atoms. The lowest BCUT2D eigenvalue weighted by Crippen LogP contribution is -2.30. The van der Waals surface area contributed by atoms with Gasteiger partial charge in [0.15, 0.2) is 5.82 Å². The van der Waals surface area contributed by atoms with Gasteiger partial charge in [-0.3, -0.25) is 10.1 Å². The van der Waals surface area contributed by atoms with Crippen molar-refractivity contribution in [3.8, 4) is 11.8 Å². The molecule has 6 rings (SSSR count). The smallest absolute Gasteiger partial charge is 0.298 e. The van der Waals surface area contributed by atoms with E-state index in [9.17, 15) is 15.4 Å². The highest BCUT2D eigenvalue weighted by molar-refractivity contribution is 7.86. The number of aromatic nitrogens is 2. The Hall–Kier alpha value is -5.00. The van der Waals surface area contributed by atoms with Crippen LogP contribution in [0.3, 0.4) is 0 Å². The zero-order valence-corrected chi connectivity index (χ0v) is 26.8. The predicted molar refractivity (Wildman–Crippen MR) is 179 cm³/mol. The highest BCUT2D eigenvalue weighted by Gasteiger charge is 2.47. The number of para-hydroxylation sites is 1. The second-order valence-corrected chi connectivity index (χ2v) is 14.4. The average molecular weight is 620 g/mol. The maximum absolute atomic E-state index is 12.5. The van der Waals surface area contributed by atoms with E-state index in [4.69, 9.17) is 19.6 Å². The zero-order valence-electron chi connectivity index (χ0n) is 25.9. The Kier molecular flexibility index (Phi) is 7.67. The fraction of sp³-hybridized carbons (Fsp3) is 0.265. The summed E-state index contributed by atoms with van der Waals surface area (Å²) in [4.78, 5) is 19.4. The number of nitro benzene ring substituents is 1. The van der Waals surface area contributed by atoms with E-state index in [1.807, 2.05) is 62.5 Å². The van der Waals surface area contributed by atoms with E-state index in [0.29, 0.717) is 24.7 Å². The van der Waals surface area contributed by atoms with Crippen LogP contribution in [0.1, 0.15) is 38.4 Å². The summed E-state index contributed by atoms with van der Waals surface area (Å²) in [6.07, 6.45) is 2.15. The van der Waals surface area contributed by atoms with Gasteiger partial charge in [0.2, 0.25) is 0 Å². The van der Waals surface area contributed by atoms with Gasteiger partial charge in [-0.1, -0.05) is 62.4 Å². The van der Waals surface area contributed by atoms with Crippen molar-refractivity contribution >= 4 is 46.8 Å². The first-order chi connectivity index (χ1) is 21.6. The van der Waals surface area contributed by atoms with E-state index in [-0.39, 0.29) is 17.8 Å². The molecular formula is C34H34N7O3P. The predicted octanol–water partition coefficient (Wildman–Crippen LogP) is 7.25. The van der Waals surface area contributed by atoms with Crippen LogP contribution in [0.5, 0.6) is 5.75 Å². The van der Waals surface area contributed by atoms with Gasteiger partial charge in [-0.25, -0.2) is 14.4 Å². The number of aliphatic imine (C=N–C) groups is 1. The first-order valence-electron chi connectivity index (χ1n) is 14.8. The number of benzene rings is 3. The van der Waals surface area contributed by atoms with Crippen LogP contribution < -0.4 is 20.2 Å². The van der Waals surface area contributed by atoms with Crippen molar-refractivity contribution in [2.24, 2.45) is 9.74 Å². The number of allylic oxidation sites excluding steroid dienone is 2. The number of aryl methyl sites for hydroxylation is 2. The van der Waals surface area contributed by atoms with Gasteiger partial charge in [-0.15, -0.1) is 0 Å². The minimum absolute atomic E-state index is 0.137. The average Bonchev–Trinajstić information content (AvgIpc) is 3.47. The number of nitrogens with zero attached hydrogens (tertiary/aromatic N) is 7. The molecule has 0 N–H and O–H groups in total. The van der Waals surface area contributed by atoms with Crippen LogP contribution in [0.25, 0.3) is 0 Å². The summed E-state index contributed by atoms with van der Waals surface area (Å²) >= 11 is 0. The molecule has 3 heterocycles. The monoisotopic (exact) mass is 619 g/mol. The minimum Gasteiger partial charge on any atom is -0.494 e. The lowest BCUT2D eigenvalue weighted by molar-refractivity contribution is -0.384. The van der Waals surface area contributed by atoms with Crippen molar-refractivity contribution < 1.29 is 9.66 Å². The molecule has 1 atom stereocenters. The van der Waals surface area contributed by atoms with Gasteiger partial charge in [-0.05, 0) is 37.6 Å². The molecule has 4 aromatic rings. The molecule has 0 radical (unpaired) electrons. The summed E-state index contributed by atoms with van der Waals surface area (Å²) < 4.78 is 12.9. The van der Waals surface area contributed by atoms with Crippen molar-refractivity contribution in [2.75, 3.05) is 18.6 Å². The van der Waals surface area contributed by atoms with E-state index >= 15 is 0 Å². The van der Waals surface area contributed by atoms with Crippen molar-refractivity contribution in [3.63, 3.8) is 0 Å². The van der Waals surface area contributed by atoms with Crippen LogP contribution >= 0.6 is 7.05 Å². The van der Waals surface area contributed by atoms with Crippen molar-refractivity contribution in [1.82, 2.24) is 9.78 Å². The first kappa shape index (κ1) is 30.0. The number of anilines is 1. The maximum Gasteiger partial charge on any atom is 0.298 e. The molecule has 228 valence electrons. The van der Waals surface area contributed by atoms with Gasteiger partial charge in [0, 0.05) is 40.7 Å². The second kappa shape index (κ2) is 11.5. The number of hydrogen-bond donors (Lipinski definition) is 0. The lowest BCUT2D eigenvalue weighted by atomic mass is 9.84. The molecule has 10 nitrogen and oxygen atoms in total. The molecule has 2 aliphatic heterocycles. The van der Waals surface area contributed by atoms with Gasteiger partial charge in [-0.2, -0.15) is 10.4 Å². The second-order valence-electron chi connectivity index (χ2n) is 11.5. The third-order valence-electron chi connectivity index (χ3n) is 8.44. The molecule has 3 aromatic carbocycles. The number of hydrogen-bond acceptors (Lipinski definition) is 8. The summed E-state index contributed by atoms with van der Waals surface area (Å²) in [6.45, 7) is 8.92. The Morgan fingerprint density at radius 2 is 1.84 bits per heavy atom. The van der Waals surface area contributed by atoms with E-state index in [1.165, 1.54) is 11.6 Å². The van der Waals surface area contributed by atoms with Crippen LogP contribution in [0.2, 0.25) is 0 Å². The summed E-state index contributed by atoms with van der Waals surface area (Å²) in [6, 6.07) is 25.4. The number of fused-ring (bicyclic) bond motifs is 2. The third-order valence-corrected chi connectivity index (χ3v) is 12.2. The molecule has 0 saturated carbocycles. The van der Waals surface area contributed by atoms with Gasteiger partial charge in [0.05, 0.1) is 54.7 Å². The third kappa shape index (κ3) is 4.75. The highest BCUT2D eigenvalue weighted by atomic mass is 31.2. The Labute approximate surface area is 262 Å². The summed E-state index contributed by atoms with van der Waals surface area (Å²) in [5.74, 6) is 1.03. The van der Waals surface area contributed by atoms with Gasteiger partial charge in [0.25, 0.3) is 5.69 Å². The molecule has 0 aliphatic carbocycles. The minimum atomic E-state index is -3.10. The zero-order chi connectivity index (χ0) is 31.9. The quantitative estimate of drug-likeness (QED) is 0.122. The van der Waals surface area contributed by atoms with E-state index < -0.39 is 17.4 Å². The van der Waals surface area contributed by atoms with Crippen LogP contribution in [0.15, 0.2) is 93.5 Å². The summed E-state index contributed by atoms with van der Waals surface area (Å²) in [7, 11) is -1.05. The lowest BCUT2D eigenvalue weighted by Gasteiger charge is -2.35. The Morgan fingerprint density at radius 1 is 1.11 bits per heavy atom. The normalized spacial score (nSPS) is 19.5. The number of nitriles is 1. The standard InChI is InChI=1S/C34H34N7O3P/c1-6-44-24-17-18-27(29(21-24)41(42)43)38-45(25-13-8-7-9-14-25)30(22-36-33-31(45)23(2)37-40(33)20-12-19-35)32-34(3,4)26-15-10-11-16-28(26)39(32)5/h7-11,13-18,21-22H,6,12,20H2,1-5H3. The summed E-state index contributed by atoms with van der Waals surface area (Å²) in [5, 5.41) is 29.5. The fourth-order valence-electron chi connectivity index (χ4n) is 6.60. The van der Waals surface area contributed by atoms with Crippen molar-refractivity contribution in [1.29, 1.82) is 5.26 Å². The van der Waals surface area contributed by atoms with E-state index in [1.54, 1.807) is 16.8 Å². The van der Waals surface area contributed by atoms with Gasteiger partial charge < -0.3 is 9.64 Å². The summed E-state index contributed by atoms with van der Waals surface area (Å²) in [5.41, 5.74) is 3.69. The number of likely N-dealkylation sites (N-methyl/N-ethyl adjacent to an activating group) is 1. The molecule has 0 fully saturated rings. The Morgan fingerprint density at radius 3 is 2.53 bits per heavy atom. The first-order valence-corrected chi connectivity index (χ1v) is 16.6. The van der Waals surface area contributed by atoms with Crippen LogP contribution in [-0.2, 0) is 12.0 Å². The Balaban J connectivity index is 1.81. The molecule has 0 spiro atoms. The molecule has 0 saturated heterocycles. The molecule has 2 aliphatic rings. The fourth-order valence-corrected chi connectivity index (χ4v) is 10.7.